The summed E-state index contributed by atoms with van der Waals surface area (Å²) < 4.78 is 5.30. The zero-order chi connectivity index (χ0) is 12.9. The lowest BCUT2D eigenvalue weighted by molar-refractivity contribution is 0.274. The van der Waals surface area contributed by atoms with E-state index in [0.717, 1.165) is 23.9 Å². The van der Waals surface area contributed by atoms with Gasteiger partial charge in [-0.15, -0.1) is 0 Å². The normalized spacial score (nSPS) is 13.5. The number of rotatable bonds is 6. The van der Waals surface area contributed by atoms with Crippen LogP contribution in [-0.4, -0.2) is 13.6 Å². The molecule has 0 aliphatic rings. The molecule has 0 aliphatic heterocycles. The van der Waals surface area contributed by atoms with Crippen LogP contribution in [0.5, 0.6) is 5.75 Å². The van der Waals surface area contributed by atoms with E-state index in [9.17, 15) is 0 Å². The third kappa shape index (κ3) is 5.21. The second kappa shape index (κ2) is 7.51. The third-order valence-corrected chi connectivity index (χ3v) is 7.33. The van der Waals surface area contributed by atoms with Gasteiger partial charge < -0.3 is 4.74 Å². The van der Waals surface area contributed by atoms with Crippen molar-refractivity contribution in [2.75, 3.05) is 5.33 Å². The number of alkyl halides is 4. The van der Waals surface area contributed by atoms with Gasteiger partial charge >= 0.3 is 0 Å². The molecule has 1 aromatic rings. The van der Waals surface area contributed by atoms with Crippen LogP contribution in [0.15, 0.2) is 24.3 Å². The lowest BCUT2D eigenvalue weighted by Crippen LogP contribution is -2.32. The number of benzene rings is 1. The van der Waals surface area contributed by atoms with Crippen LogP contribution in [0.1, 0.15) is 18.9 Å². The Morgan fingerprint density at radius 3 is 2.65 bits per heavy atom. The van der Waals surface area contributed by atoms with E-state index in [1.165, 1.54) is 5.56 Å². The Hall–Kier alpha value is 0.940. The van der Waals surface area contributed by atoms with Gasteiger partial charge in [0, 0.05) is 5.33 Å². The van der Waals surface area contributed by atoms with Crippen molar-refractivity contribution < 1.29 is 4.74 Å². The average molecular weight is 494 g/mol. The van der Waals surface area contributed by atoms with Crippen LogP contribution in [0.2, 0.25) is 0 Å². The lowest BCUT2D eigenvalue weighted by atomic mass is 10.1. The molecule has 1 atom stereocenters. The predicted octanol–water partition coefficient (Wildman–Crippen LogP) is 5.62. The minimum absolute atomic E-state index is 0.116. The quantitative estimate of drug-likeness (QED) is 0.467. The molecular formula is C12H14Br4O. The maximum Gasteiger partial charge on any atom is 0.231 e. The van der Waals surface area contributed by atoms with Gasteiger partial charge in [0.1, 0.15) is 5.75 Å². The van der Waals surface area contributed by atoms with Crippen LogP contribution in [0.25, 0.3) is 0 Å². The van der Waals surface area contributed by atoms with E-state index in [-0.39, 0.29) is 4.83 Å². The fraction of sp³-hybridized carbons (Fsp3) is 0.500. The van der Waals surface area contributed by atoms with Gasteiger partial charge in [0.15, 0.2) is 0 Å². The van der Waals surface area contributed by atoms with E-state index in [1.54, 1.807) is 0 Å². The Morgan fingerprint density at radius 2 is 2.06 bits per heavy atom. The maximum atomic E-state index is 5.90. The number of halogens is 4. The summed E-state index contributed by atoms with van der Waals surface area (Å²) in [5, 5.41) is 0.776. The summed E-state index contributed by atoms with van der Waals surface area (Å²) in [6, 6.07) is 8.18. The molecule has 0 saturated heterocycles. The van der Waals surface area contributed by atoms with Gasteiger partial charge in [-0.05, 0) is 56.0 Å². The largest absolute Gasteiger partial charge is 0.465 e. The standard InChI is InChI=1S/C12H14Br4O/c1-2-4-9-5-3-6-10(7-9)17-12(15,16)11(14)8-13/h3,5-7,11H,2,4,8H2,1H3. The molecule has 1 aromatic carbocycles. The van der Waals surface area contributed by atoms with E-state index < -0.39 is 3.42 Å². The topological polar surface area (TPSA) is 9.23 Å². The zero-order valence-electron chi connectivity index (χ0n) is 9.43. The molecule has 0 saturated carbocycles. The van der Waals surface area contributed by atoms with Gasteiger partial charge in [-0.3, -0.25) is 0 Å². The summed E-state index contributed by atoms with van der Waals surface area (Å²) in [5.41, 5.74) is 1.30. The van der Waals surface area contributed by atoms with Gasteiger partial charge in [-0.2, -0.15) is 0 Å². The molecule has 0 amide bonds. The molecule has 1 unspecified atom stereocenters. The molecule has 0 aliphatic carbocycles. The highest BCUT2D eigenvalue weighted by molar-refractivity contribution is 9.26. The molecule has 1 rings (SSSR count). The second-order valence-corrected chi connectivity index (χ2v) is 8.86. The first kappa shape index (κ1) is 16.0. The second-order valence-electron chi connectivity index (χ2n) is 3.68. The first-order chi connectivity index (χ1) is 7.99. The minimum Gasteiger partial charge on any atom is -0.465 e. The van der Waals surface area contributed by atoms with E-state index in [4.69, 9.17) is 4.74 Å². The Balaban J connectivity index is 2.77. The Kier molecular flexibility index (Phi) is 7.07. The molecule has 5 heteroatoms. The summed E-state index contributed by atoms with van der Waals surface area (Å²) in [6.45, 7) is 2.17. The van der Waals surface area contributed by atoms with Crippen molar-refractivity contribution in [1.82, 2.24) is 0 Å². The first-order valence-corrected chi connectivity index (χ1v) is 8.97. The van der Waals surface area contributed by atoms with Gasteiger partial charge in [-0.25, -0.2) is 0 Å². The fourth-order valence-electron chi connectivity index (χ4n) is 1.36. The van der Waals surface area contributed by atoms with Gasteiger partial charge in [0.05, 0.1) is 4.83 Å². The Morgan fingerprint density at radius 1 is 1.35 bits per heavy atom. The van der Waals surface area contributed by atoms with Crippen LogP contribution in [0, 0.1) is 0 Å². The van der Waals surface area contributed by atoms with Gasteiger partial charge in [0.25, 0.3) is 0 Å². The van der Waals surface area contributed by atoms with E-state index >= 15 is 0 Å². The van der Waals surface area contributed by atoms with Crippen molar-refractivity contribution in [1.29, 1.82) is 0 Å². The van der Waals surface area contributed by atoms with Crippen LogP contribution >= 0.6 is 63.7 Å². The molecule has 96 valence electrons. The van der Waals surface area contributed by atoms with Crippen LogP contribution < -0.4 is 4.74 Å². The number of hydrogen-bond donors (Lipinski definition) is 0. The monoisotopic (exact) mass is 490 g/mol. The van der Waals surface area contributed by atoms with Crippen molar-refractivity contribution in [2.45, 2.75) is 28.0 Å². The number of aryl methyl sites for hydroxylation is 1. The van der Waals surface area contributed by atoms with Crippen molar-refractivity contribution in [3.8, 4) is 5.75 Å². The summed E-state index contributed by atoms with van der Waals surface area (Å²) in [4.78, 5) is 0.116. The minimum atomic E-state index is -0.603. The van der Waals surface area contributed by atoms with Crippen LogP contribution in [0.3, 0.4) is 0 Å². The van der Waals surface area contributed by atoms with Crippen molar-refractivity contribution in [2.24, 2.45) is 0 Å². The van der Waals surface area contributed by atoms with Crippen molar-refractivity contribution >= 4 is 63.7 Å². The Labute approximate surface area is 136 Å². The first-order valence-electron chi connectivity index (χ1n) is 5.35. The molecule has 0 aromatic heterocycles. The average Bonchev–Trinajstić information content (AvgIpc) is 2.28. The van der Waals surface area contributed by atoms with Crippen molar-refractivity contribution in [3.05, 3.63) is 29.8 Å². The molecule has 0 fully saturated rings. The summed E-state index contributed by atoms with van der Waals surface area (Å²) in [6.07, 6.45) is 2.21. The predicted molar refractivity (Wildman–Crippen MR) is 88.2 cm³/mol. The fourth-order valence-corrected chi connectivity index (χ4v) is 3.48. The SMILES string of the molecule is CCCc1cccc(OC(Br)(Br)C(Br)CBr)c1. The molecule has 0 spiro atoms. The molecule has 17 heavy (non-hydrogen) atoms. The molecule has 0 heterocycles. The third-order valence-electron chi connectivity index (χ3n) is 2.19. The highest BCUT2D eigenvalue weighted by Gasteiger charge is 2.33. The van der Waals surface area contributed by atoms with E-state index in [2.05, 4.69) is 82.8 Å². The molecular weight excluding hydrogens is 480 g/mol. The van der Waals surface area contributed by atoms with Crippen LogP contribution in [-0.2, 0) is 6.42 Å². The summed E-state index contributed by atoms with van der Waals surface area (Å²) in [5.74, 6) is 0.857. The summed E-state index contributed by atoms with van der Waals surface area (Å²) >= 11 is 14.0. The number of ether oxygens (including phenoxy) is 1. The molecule has 1 nitrogen and oxygen atoms in total. The number of hydrogen-bond acceptors (Lipinski definition) is 1. The highest BCUT2D eigenvalue weighted by atomic mass is 79.9. The van der Waals surface area contributed by atoms with E-state index in [0.29, 0.717) is 0 Å². The molecule has 0 radical (unpaired) electrons. The Bertz CT molecular complexity index is 354. The lowest BCUT2D eigenvalue weighted by Gasteiger charge is -2.26. The maximum absolute atomic E-state index is 5.90. The van der Waals surface area contributed by atoms with Gasteiger partial charge in [-0.1, -0.05) is 57.3 Å². The van der Waals surface area contributed by atoms with Gasteiger partial charge in [0.2, 0.25) is 3.42 Å². The molecule has 0 N–H and O–H groups in total. The molecule has 0 bridgehead atoms. The highest BCUT2D eigenvalue weighted by Crippen LogP contribution is 2.38. The van der Waals surface area contributed by atoms with E-state index in [1.807, 2.05) is 12.1 Å². The zero-order valence-corrected chi connectivity index (χ0v) is 15.8. The van der Waals surface area contributed by atoms with Crippen LogP contribution in [0.4, 0.5) is 0 Å². The smallest absolute Gasteiger partial charge is 0.231 e. The summed E-state index contributed by atoms with van der Waals surface area (Å²) in [7, 11) is 0. The van der Waals surface area contributed by atoms with Crippen molar-refractivity contribution in [3.63, 3.8) is 0 Å².